The first kappa shape index (κ1) is 20.1. The van der Waals surface area contributed by atoms with Crippen molar-refractivity contribution < 1.29 is 9.59 Å². The fraction of sp³-hybridized carbons (Fsp3) is 0.0800. The summed E-state index contributed by atoms with van der Waals surface area (Å²) >= 11 is 0. The maximum Gasteiger partial charge on any atom is 0.251 e. The number of carbonyl (C=O) groups is 2. The minimum atomic E-state index is -0.188. The van der Waals surface area contributed by atoms with E-state index < -0.39 is 0 Å². The molecule has 0 aliphatic heterocycles. The van der Waals surface area contributed by atoms with Gasteiger partial charge in [0, 0.05) is 35.8 Å². The normalized spacial score (nSPS) is 11.0. The van der Waals surface area contributed by atoms with E-state index in [1.165, 1.54) is 6.08 Å². The third kappa shape index (κ3) is 4.87. The molecule has 3 aromatic carbocycles. The Labute approximate surface area is 180 Å². The average molecular weight is 410 g/mol. The van der Waals surface area contributed by atoms with Crippen LogP contribution in [0.4, 0.5) is 5.69 Å². The van der Waals surface area contributed by atoms with Gasteiger partial charge in [-0.25, -0.2) is 0 Å². The van der Waals surface area contributed by atoms with Crippen LogP contribution in [0.25, 0.3) is 17.0 Å². The highest BCUT2D eigenvalue weighted by Crippen LogP contribution is 2.18. The van der Waals surface area contributed by atoms with Gasteiger partial charge >= 0.3 is 0 Å². The maximum absolute atomic E-state index is 13.0. The van der Waals surface area contributed by atoms with Gasteiger partial charge in [-0.05, 0) is 36.4 Å². The summed E-state index contributed by atoms with van der Waals surface area (Å²) in [6.07, 6.45) is 3.22. The Kier molecular flexibility index (Phi) is 6.18. The number of H-pyrrole nitrogens is 1. The minimum absolute atomic E-state index is 0.167. The van der Waals surface area contributed by atoms with Crippen LogP contribution in [0.2, 0.25) is 0 Å². The Morgan fingerprint density at radius 3 is 2.35 bits per heavy atom. The van der Waals surface area contributed by atoms with E-state index in [0.717, 1.165) is 16.6 Å². The van der Waals surface area contributed by atoms with E-state index in [0.29, 0.717) is 24.3 Å². The highest BCUT2D eigenvalue weighted by Gasteiger charge is 2.14. The van der Waals surface area contributed by atoms with Crippen molar-refractivity contribution in [1.82, 2.24) is 15.5 Å². The summed E-state index contributed by atoms with van der Waals surface area (Å²) < 4.78 is 0. The lowest BCUT2D eigenvalue weighted by Gasteiger charge is -2.21. The third-order valence-electron chi connectivity index (χ3n) is 4.87. The minimum Gasteiger partial charge on any atom is -0.350 e. The summed E-state index contributed by atoms with van der Waals surface area (Å²) in [5.74, 6) is -0.355. The SMILES string of the molecule is O=C(NCCN(C(=O)/C=C/c1n[nH]c2ccccc12)c1ccccc1)c1ccccc1. The van der Waals surface area contributed by atoms with Crippen molar-refractivity contribution >= 4 is 34.5 Å². The number of benzene rings is 3. The summed E-state index contributed by atoms with van der Waals surface area (Å²) in [6, 6.07) is 26.2. The maximum atomic E-state index is 13.0. The van der Waals surface area contributed by atoms with Crippen molar-refractivity contribution in [3.63, 3.8) is 0 Å². The first-order valence-electron chi connectivity index (χ1n) is 10.0. The molecule has 0 saturated heterocycles. The molecule has 0 bridgehead atoms. The monoisotopic (exact) mass is 410 g/mol. The second kappa shape index (κ2) is 9.54. The molecule has 6 nitrogen and oxygen atoms in total. The van der Waals surface area contributed by atoms with Gasteiger partial charge in [0.15, 0.2) is 0 Å². The summed E-state index contributed by atoms with van der Waals surface area (Å²) in [7, 11) is 0. The van der Waals surface area contributed by atoms with E-state index in [2.05, 4.69) is 15.5 Å². The predicted molar refractivity (Wildman–Crippen MR) is 123 cm³/mol. The number of carbonyl (C=O) groups excluding carboxylic acids is 2. The first-order chi connectivity index (χ1) is 15.2. The van der Waals surface area contributed by atoms with Crippen molar-refractivity contribution in [2.75, 3.05) is 18.0 Å². The lowest BCUT2D eigenvalue weighted by Crippen LogP contribution is -2.38. The van der Waals surface area contributed by atoms with Crippen LogP contribution in [0.1, 0.15) is 16.1 Å². The zero-order valence-corrected chi connectivity index (χ0v) is 16.9. The van der Waals surface area contributed by atoms with Gasteiger partial charge in [-0.3, -0.25) is 14.7 Å². The third-order valence-corrected chi connectivity index (χ3v) is 4.87. The van der Waals surface area contributed by atoms with Crippen LogP contribution < -0.4 is 10.2 Å². The standard InChI is InChI=1S/C25H22N4O2/c30-24(16-15-23-21-13-7-8-14-22(21)27-28-23)29(20-11-5-2-6-12-20)18-17-26-25(31)19-9-3-1-4-10-19/h1-16H,17-18H2,(H,26,31)(H,27,28)/b16-15+. The lowest BCUT2D eigenvalue weighted by molar-refractivity contribution is -0.114. The van der Waals surface area contributed by atoms with Crippen LogP contribution in [-0.2, 0) is 4.79 Å². The molecule has 2 N–H and O–H groups in total. The second-order valence-electron chi connectivity index (χ2n) is 6.94. The van der Waals surface area contributed by atoms with Crippen molar-refractivity contribution in [1.29, 1.82) is 0 Å². The van der Waals surface area contributed by atoms with Gasteiger partial charge < -0.3 is 10.2 Å². The van der Waals surface area contributed by atoms with Crippen LogP contribution in [0.3, 0.4) is 0 Å². The van der Waals surface area contributed by atoms with Gasteiger partial charge in [-0.1, -0.05) is 54.6 Å². The Morgan fingerprint density at radius 2 is 1.58 bits per heavy atom. The number of nitrogens with zero attached hydrogens (tertiary/aromatic N) is 2. The molecule has 0 unspecified atom stereocenters. The summed E-state index contributed by atoms with van der Waals surface area (Å²) in [5.41, 5.74) is 2.97. The van der Waals surface area contributed by atoms with Crippen LogP contribution >= 0.6 is 0 Å². The number of para-hydroxylation sites is 2. The molecule has 0 saturated carbocycles. The number of aromatic nitrogens is 2. The van der Waals surface area contributed by atoms with E-state index in [-0.39, 0.29) is 11.8 Å². The van der Waals surface area contributed by atoms with Crippen molar-refractivity contribution in [2.24, 2.45) is 0 Å². The van der Waals surface area contributed by atoms with Gasteiger partial charge in [0.2, 0.25) is 0 Å². The number of hydrogen-bond donors (Lipinski definition) is 2. The molecule has 2 amide bonds. The number of amides is 2. The summed E-state index contributed by atoms with van der Waals surface area (Å²) in [4.78, 5) is 26.9. The highest BCUT2D eigenvalue weighted by molar-refractivity contribution is 6.05. The topological polar surface area (TPSA) is 78.1 Å². The zero-order chi connectivity index (χ0) is 21.5. The molecule has 0 radical (unpaired) electrons. The molecule has 4 aromatic rings. The Morgan fingerprint density at radius 1 is 0.903 bits per heavy atom. The van der Waals surface area contributed by atoms with Gasteiger partial charge in [0.25, 0.3) is 11.8 Å². The van der Waals surface area contributed by atoms with E-state index in [1.807, 2.05) is 72.8 Å². The molecule has 0 aliphatic carbocycles. The molecule has 6 heteroatoms. The second-order valence-corrected chi connectivity index (χ2v) is 6.94. The van der Waals surface area contributed by atoms with Crippen molar-refractivity contribution in [2.45, 2.75) is 0 Å². The average Bonchev–Trinajstić information content (AvgIpc) is 3.24. The largest absolute Gasteiger partial charge is 0.350 e. The lowest BCUT2D eigenvalue weighted by atomic mass is 10.2. The molecule has 154 valence electrons. The number of hydrogen-bond acceptors (Lipinski definition) is 3. The van der Waals surface area contributed by atoms with E-state index in [4.69, 9.17) is 0 Å². The fourth-order valence-corrected chi connectivity index (χ4v) is 3.30. The van der Waals surface area contributed by atoms with Crippen LogP contribution in [-0.4, -0.2) is 35.1 Å². The van der Waals surface area contributed by atoms with Crippen LogP contribution in [0.15, 0.2) is 91.0 Å². The van der Waals surface area contributed by atoms with Crippen molar-refractivity contribution in [3.05, 3.63) is 102 Å². The quantitative estimate of drug-likeness (QED) is 0.452. The molecule has 0 fully saturated rings. The summed E-state index contributed by atoms with van der Waals surface area (Å²) in [5, 5.41) is 11.1. The number of anilines is 1. The molecule has 1 heterocycles. The number of rotatable bonds is 7. The number of fused-ring (bicyclic) bond motifs is 1. The zero-order valence-electron chi connectivity index (χ0n) is 16.9. The number of nitrogens with one attached hydrogen (secondary N) is 2. The van der Waals surface area contributed by atoms with E-state index in [9.17, 15) is 9.59 Å². The summed E-state index contributed by atoms with van der Waals surface area (Å²) in [6.45, 7) is 0.667. The van der Waals surface area contributed by atoms with Crippen LogP contribution in [0, 0.1) is 0 Å². The fourth-order valence-electron chi connectivity index (χ4n) is 3.30. The molecule has 0 aliphatic rings. The molecule has 4 rings (SSSR count). The Bertz CT molecular complexity index is 1200. The molecule has 0 spiro atoms. The number of aromatic amines is 1. The molecular weight excluding hydrogens is 388 g/mol. The van der Waals surface area contributed by atoms with Gasteiger partial charge in [0.1, 0.15) is 0 Å². The molecule has 1 aromatic heterocycles. The van der Waals surface area contributed by atoms with Gasteiger partial charge in [-0.2, -0.15) is 5.10 Å². The van der Waals surface area contributed by atoms with Gasteiger partial charge in [-0.15, -0.1) is 0 Å². The highest BCUT2D eigenvalue weighted by atomic mass is 16.2. The molecule has 0 atom stereocenters. The van der Waals surface area contributed by atoms with Gasteiger partial charge in [0.05, 0.1) is 11.2 Å². The Balaban J connectivity index is 1.47. The van der Waals surface area contributed by atoms with E-state index in [1.54, 1.807) is 23.1 Å². The predicted octanol–water partition coefficient (Wildman–Crippen LogP) is 4.04. The first-order valence-corrected chi connectivity index (χ1v) is 10.0. The van der Waals surface area contributed by atoms with Crippen LogP contribution in [0.5, 0.6) is 0 Å². The van der Waals surface area contributed by atoms with Crippen molar-refractivity contribution in [3.8, 4) is 0 Å². The molecule has 31 heavy (non-hydrogen) atoms. The Hall–Kier alpha value is -4.19. The molecular formula is C25H22N4O2. The smallest absolute Gasteiger partial charge is 0.251 e. The van der Waals surface area contributed by atoms with E-state index >= 15 is 0 Å².